The third kappa shape index (κ3) is 3.95. The summed E-state index contributed by atoms with van der Waals surface area (Å²) in [6, 6.07) is 11.2. The fourth-order valence-corrected chi connectivity index (χ4v) is 2.11. The lowest BCUT2D eigenvalue weighted by Crippen LogP contribution is -2.31. The molecule has 0 fully saturated rings. The van der Waals surface area contributed by atoms with Gasteiger partial charge in [0, 0.05) is 24.3 Å². The first-order valence-electron chi connectivity index (χ1n) is 6.49. The highest BCUT2D eigenvalue weighted by atomic mass is 35.5. The van der Waals surface area contributed by atoms with Crippen LogP contribution in [-0.4, -0.2) is 18.0 Å². The van der Waals surface area contributed by atoms with E-state index in [2.05, 4.69) is 5.32 Å². The Morgan fingerprint density at radius 2 is 2.00 bits per heavy atom. The average Bonchev–Trinajstić information content (AvgIpc) is 2.44. The van der Waals surface area contributed by atoms with E-state index in [0.717, 1.165) is 11.1 Å². The third-order valence-electron chi connectivity index (χ3n) is 3.16. The van der Waals surface area contributed by atoms with Gasteiger partial charge in [0.15, 0.2) is 0 Å². The molecule has 1 N–H and O–H groups in total. The van der Waals surface area contributed by atoms with Crippen molar-refractivity contribution in [3.05, 3.63) is 64.4 Å². The smallest absolute Gasteiger partial charge is 0.321 e. The molecule has 21 heavy (non-hydrogen) atoms. The van der Waals surface area contributed by atoms with Crippen molar-refractivity contribution in [1.82, 2.24) is 4.90 Å². The molecule has 0 spiro atoms. The molecule has 0 radical (unpaired) electrons. The van der Waals surface area contributed by atoms with Crippen LogP contribution in [0.15, 0.2) is 42.5 Å². The molecule has 0 bridgehead atoms. The summed E-state index contributed by atoms with van der Waals surface area (Å²) in [5.74, 6) is -0.313. The lowest BCUT2D eigenvalue weighted by Gasteiger charge is -2.19. The Labute approximate surface area is 128 Å². The van der Waals surface area contributed by atoms with Gasteiger partial charge in [0.2, 0.25) is 0 Å². The number of urea groups is 1. The summed E-state index contributed by atoms with van der Waals surface area (Å²) in [6.45, 7) is 2.16. The van der Waals surface area contributed by atoms with Gasteiger partial charge in [-0.05, 0) is 42.3 Å². The van der Waals surface area contributed by atoms with Gasteiger partial charge in [-0.15, -0.1) is 0 Å². The molecule has 2 aromatic carbocycles. The Morgan fingerprint density at radius 3 is 2.71 bits per heavy atom. The molecule has 3 nitrogen and oxygen atoms in total. The van der Waals surface area contributed by atoms with Crippen LogP contribution in [0.3, 0.4) is 0 Å². The topological polar surface area (TPSA) is 32.3 Å². The monoisotopic (exact) mass is 306 g/mol. The van der Waals surface area contributed by atoms with Crippen LogP contribution in [-0.2, 0) is 6.54 Å². The SMILES string of the molecule is Cc1c(Cl)cccc1NC(=O)N(C)Cc1cccc(F)c1. The zero-order valence-corrected chi connectivity index (χ0v) is 12.6. The van der Waals surface area contributed by atoms with Crippen LogP contribution in [0.4, 0.5) is 14.9 Å². The van der Waals surface area contributed by atoms with Gasteiger partial charge >= 0.3 is 6.03 Å². The summed E-state index contributed by atoms with van der Waals surface area (Å²) in [5.41, 5.74) is 2.21. The number of rotatable bonds is 3. The second-order valence-corrected chi connectivity index (χ2v) is 5.24. The molecular formula is C16H16ClFN2O. The van der Waals surface area contributed by atoms with Gasteiger partial charge in [-0.25, -0.2) is 9.18 Å². The molecule has 2 rings (SSSR count). The average molecular weight is 307 g/mol. The van der Waals surface area contributed by atoms with Gasteiger partial charge in [0.25, 0.3) is 0 Å². The fourth-order valence-electron chi connectivity index (χ4n) is 1.93. The van der Waals surface area contributed by atoms with E-state index in [0.29, 0.717) is 17.3 Å². The van der Waals surface area contributed by atoms with Crippen molar-refractivity contribution in [2.75, 3.05) is 12.4 Å². The van der Waals surface area contributed by atoms with E-state index in [-0.39, 0.29) is 11.8 Å². The number of nitrogens with zero attached hydrogens (tertiary/aromatic N) is 1. The molecule has 0 unspecified atom stereocenters. The summed E-state index contributed by atoms with van der Waals surface area (Å²) < 4.78 is 13.1. The van der Waals surface area contributed by atoms with E-state index < -0.39 is 0 Å². The molecule has 0 aliphatic rings. The summed E-state index contributed by atoms with van der Waals surface area (Å²) in [6.07, 6.45) is 0. The van der Waals surface area contributed by atoms with E-state index in [1.165, 1.54) is 17.0 Å². The van der Waals surface area contributed by atoms with Gasteiger partial charge < -0.3 is 10.2 Å². The number of amides is 2. The van der Waals surface area contributed by atoms with E-state index in [1.807, 2.05) is 6.92 Å². The largest absolute Gasteiger partial charge is 0.323 e. The minimum atomic E-state index is -0.313. The number of benzene rings is 2. The Balaban J connectivity index is 2.04. The van der Waals surface area contributed by atoms with Crippen molar-refractivity contribution in [1.29, 1.82) is 0 Å². The summed E-state index contributed by atoms with van der Waals surface area (Å²) >= 11 is 6.02. The Hall–Kier alpha value is -2.07. The first-order valence-corrected chi connectivity index (χ1v) is 6.87. The Morgan fingerprint density at radius 1 is 1.29 bits per heavy atom. The van der Waals surface area contributed by atoms with E-state index in [9.17, 15) is 9.18 Å². The molecule has 0 aliphatic heterocycles. The van der Waals surface area contributed by atoms with Crippen LogP contribution in [0.1, 0.15) is 11.1 Å². The number of hydrogen-bond acceptors (Lipinski definition) is 1. The van der Waals surface area contributed by atoms with E-state index in [4.69, 9.17) is 11.6 Å². The maximum Gasteiger partial charge on any atom is 0.321 e. The van der Waals surface area contributed by atoms with Gasteiger partial charge in [-0.1, -0.05) is 29.8 Å². The molecule has 0 saturated carbocycles. The highest BCUT2D eigenvalue weighted by Gasteiger charge is 2.11. The van der Waals surface area contributed by atoms with Gasteiger partial charge in [0.1, 0.15) is 5.82 Å². The zero-order valence-electron chi connectivity index (χ0n) is 11.9. The molecule has 0 aromatic heterocycles. The van der Waals surface area contributed by atoms with Crippen LogP contribution in [0.5, 0.6) is 0 Å². The van der Waals surface area contributed by atoms with Crippen LogP contribution in [0, 0.1) is 12.7 Å². The maximum absolute atomic E-state index is 13.1. The van der Waals surface area contributed by atoms with Crippen LogP contribution < -0.4 is 5.32 Å². The van der Waals surface area contributed by atoms with Crippen molar-refractivity contribution >= 4 is 23.3 Å². The van der Waals surface area contributed by atoms with Gasteiger partial charge in [0.05, 0.1) is 0 Å². The zero-order chi connectivity index (χ0) is 15.4. The predicted molar refractivity (Wildman–Crippen MR) is 83.1 cm³/mol. The second-order valence-electron chi connectivity index (χ2n) is 4.83. The van der Waals surface area contributed by atoms with Crippen molar-refractivity contribution in [2.24, 2.45) is 0 Å². The van der Waals surface area contributed by atoms with Crippen molar-refractivity contribution in [2.45, 2.75) is 13.5 Å². The number of halogens is 2. The summed E-state index contributed by atoms with van der Waals surface area (Å²) in [4.78, 5) is 13.6. The van der Waals surface area contributed by atoms with Crippen molar-refractivity contribution < 1.29 is 9.18 Å². The highest BCUT2D eigenvalue weighted by Crippen LogP contribution is 2.23. The number of carbonyl (C=O) groups is 1. The maximum atomic E-state index is 13.1. The predicted octanol–water partition coefficient (Wildman–Crippen LogP) is 4.45. The van der Waals surface area contributed by atoms with Crippen LogP contribution in [0.2, 0.25) is 5.02 Å². The number of hydrogen-bond donors (Lipinski definition) is 1. The van der Waals surface area contributed by atoms with E-state index >= 15 is 0 Å². The second kappa shape index (κ2) is 6.59. The Kier molecular flexibility index (Phi) is 4.81. The number of anilines is 1. The standard InChI is InChI=1S/C16H16ClFN2O/c1-11-14(17)7-4-8-15(11)19-16(21)20(2)10-12-5-3-6-13(18)9-12/h3-9H,10H2,1-2H3,(H,19,21). The molecule has 0 heterocycles. The molecule has 2 amide bonds. The van der Waals surface area contributed by atoms with Gasteiger partial charge in [-0.3, -0.25) is 0 Å². The third-order valence-corrected chi connectivity index (χ3v) is 3.57. The Bertz CT molecular complexity index is 660. The van der Waals surface area contributed by atoms with Crippen molar-refractivity contribution in [3.63, 3.8) is 0 Å². The molecule has 0 atom stereocenters. The minimum Gasteiger partial charge on any atom is -0.323 e. The lowest BCUT2D eigenvalue weighted by atomic mass is 10.2. The molecule has 2 aromatic rings. The number of nitrogens with one attached hydrogen (secondary N) is 1. The molecule has 5 heteroatoms. The van der Waals surface area contributed by atoms with Crippen molar-refractivity contribution in [3.8, 4) is 0 Å². The normalized spacial score (nSPS) is 10.3. The molecule has 110 valence electrons. The first kappa shape index (κ1) is 15.3. The highest BCUT2D eigenvalue weighted by molar-refractivity contribution is 6.31. The summed E-state index contributed by atoms with van der Waals surface area (Å²) in [7, 11) is 1.65. The van der Waals surface area contributed by atoms with Crippen LogP contribution >= 0.6 is 11.6 Å². The van der Waals surface area contributed by atoms with Gasteiger partial charge in [-0.2, -0.15) is 0 Å². The lowest BCUT2D eigenvalue weighted by molar-refractivity contribution is 0.220. The number of carbonyl (C=O) groups excluding carboxylic acids is 1. The summed E-state index contributed by atoms with van der Waals surface area (Å²) in [5, 5.41) is 3.39. The molecule has 0 saturated heterocycles. The molecule has 0 aliphatic carbocycles. The van der Waals surface area contributed by atoms with Crippen LogP contribution in [0.25, 0.3) is 0 Å². The van der Waals surface area contributed by atoms with E-state index in [1.54, 1.807) is 37.4 Å². The quantitative estimate of drug-likeness (QED) is 0.892. The first-order chi connectivity index (χ1) is 9.97. The fraction of sp³-hybridized carbons (Fsp3) is 0.188. The minimum absolute atomic E-state index is 0.273. The molecular weight excluding hydrogens is 291 g/mol.